The molecule has 0 aromatic heterocycles. The van der Waals surface area contributed by atoms with Crippen LogP contribution in [0.25, 0.3) is 0 Å². The van der Waals surface area contributed by atoms with Crippen LogP contribution in [0.4, 0.5) is 4.39 Å². The Morgan fingerprint density at radius 1 is 1.16 bits per heavy atom. The third-order valence-electron chi connectivity index (χ3n) is 2.57. The number of hydrogen-bond acceptors (Lipinski definition) is 3. The number of benzene rings is 2. The largest absolute Gasteiger partial charge is 0.491 e. The summed E-state index contributed by atoms with van der Waals surface area (Å²) in [4.78, 5) is 0. The van der Waals surface area contributed by atoms with E-state index in [1.807, 2.05) is 0 Å². The van der Waals surface area contributed by atoms with Gasteiger partial charge in [-0.1, -0.05) is 35.9 Å². The minimum atomic E-state index is -1.85. The first-order valence-corrected chi connectivity index (χ1v) is 5.97. The first kappa shape index (κ1) is 13.9. The molecular formula is C13H11BClFO3. The highest BCUT2D eigenvalue weighted by Gasteiger charge is 2.16. The van der Waals surface area contributed by atoms with E-state index in [1.165, 1.54) is 18.2 Å². The van der Waals surface area contributed by atoms with Crippen molar-refractivity contribution in [2.45, 2.75) is 6.61 Å². The lowest BCUT2D eigenvalue weighted by atomic mass is 9.79. The van der Waals surface area contributed by atoms with Gasteiger partial charge < -0.3 is 14.8 Å². The summed E-state index contributed by atoms with van der Waals surface area (Å²) in [5, 5.41) is 18.5. The Morgan fingerprint density at radius 2 is 1.89 bits per heavy atom. The van der Waals surface area contributed by atoms with E-state index in [4.69, 9.17) is 26.4 Å². The summed E-state index contributed by atoms with van der Waals surface area (Å²) in [6.45, 7) is 0.156. The predicted molar refractivity (Wildman–Crippen MR) is 72.0 cm³/mol. The molecule has 19 heavy (non-hydrogen) atoms. The molecule has 0 heterocycles. The maximum Gasteiger partial charge on any atom is 0.491 e. The average molecular weight is 280 g/mol. The summed E-state index contributed by atoms with van der Waals surface area (Å²) in [5.41, 5.74) is 0.435. The molecule has 2 N–H and O–H groups in total. The van der Waals surface area contributed by atoms with Crippen LogP contribution in [-0.2, 0) is 6.61 Å². The van der Waals surface area contributed by atoms with Crippen LogP contribution in [0.1, 0.15) is 5.56 Å². The molecule has 2 aromatic rings. The molecule has 0 aliphatic heterocycles. The molecule has 6 heteroatoms. The summed E-state index contributed by atoms with van der Waals surface area (Å²) in [5.74, 6) is -0.156. The van der Waals surface area contributed by atoms with Crippen LogP contribution in [0.15, 0.2) is 42.5 Å². The van der Waals surface area contributed by atoms with E-state index in [0.717, 1.165) is 0 Å². The highest BCUT2D eigenvalue weighted by Crippen LogP contribution is 2.23. The van der Waals surface area contributed by atoms with Crippen LogP contribution in [0.3, 0.4) is 0 Å². The zero-order valence-electron chi connectivity index (χ0n) is 9.88. The summed E-state index contributed by atoms with van der Waals surface area (Å²) in [6, 6.07) is 11.0. The standard InChI is InChI=1S/C13H11BClFO3/c15-11-3-1-2-4-13(11)19-8-9-5-6-12(16)10(7-9)14(17)18/h1-7,17-18H,8H2. The van der Waals surface area contributed by atoms with Gasteiger partial charge in [0.1, 0.15) is 18.2 Å². The second kappa shape index (κ2) is 6.06. The Morgan fingerprint density at radius 3 is 2.58 bits per heavy atom. The van der Waals surface area contributed by atoms with Gasteiger partial charge in [0.05, 0.1) is 5.02 Å². The van der Waals surface area contributed by atoms with Gasteiger partial charge in [0.25, 0.3) is 0 Å². The van der Waals surface area contributed by atoms with Crippen molar-refractivity contribution in [3.05, 3.63) is 58.9 Å². The number of halogens is 2. The predicted octanol–water partition coefficient (Wildman–Crippen LogP) is 1.74. The fourth-order valence-electron chi connectivity index (χ4n) is 1.60. The molecule has 0 unspecified atom stereocenters. The molecule has 0 atom stereocenters. The molecule has 0 aliphatic carbocycles. The Hall–Kier alpha value is -1.56. The van der Waals surface area contributed by atoms with Gasteiger partial charge in [-0.2, -0.15) is 0 Å². The maximum atomic E-state index is 13.3. The van der Waals surface area contributed by atoms with E-state index in [2.05, 4.69) is 0 Å². The van der Waals surface area contributed by atoms with Crippen LogP contribution in [-0.4, -0.2) is 17.2 Å². The normalized spacial score (nSPS) is 10.3. The van der Waals surface area contributed by atoms with Crippen LogP contribution in [0.5, 0.6) is 5.75 Å². The van der Waals surface area contributed by atoms with Crippen molar-refractivity contribution in [2.75, 3.05) is 0 Å². The molecule has 0 bridgehead atoms. The molecule has 0 saturated heterocycles. The summed E-state index contributed by atoms with van der Waals surface area (Å²) in [6.07, 6.45) is 0. The van der Waals surface area contributed by atoms with Gasteiger partial charge in [-0.3, -0.25) is 0 Å². The van der Waals surface area contributed by atoms with Gasteiger partial charge >= 0.3 is 7.12 Å². The van der Waals surface area contributed by atoms with E-state index in [0.29, 0.717) is 16.3 Å². The number of para-hydroxylation sites is 1. The molecule has 0 amide bonds. The van der Waals surface area contributed by atoms with Gasteiger partial charge in [0.15, 0.2) is 0 Å². The lowest BCUT2D eigenvalue weighted by Gasteiger charge is -2.09. The van der Waals surface area contributed by atoms with Crippen LogP contribution in [0, 0.1) is 5.82 Å². The SMILES string of the molecule is OB(O)c1cc(COc2ccccc2Cl)ccc1F. The van der Waals surface area contributed by atoms with E-state index >= 15 is 0 Å². The van der Waals surface area contributed by atoms with Gasteiger partial charge in [0, 0.05) is 5.46 Å². The monoisotopic (exact) mass is 280 g/mol. The van der Waals surface area contributed by atoms with Crippen molar-refractivity contribution >= 4 is 24.2 Å². The second-order valence-electron chi connectivity index (χ2n) is 3.95. The number of hydrogen-bond donors (Lipinski definition) is 2. The highest BCUT2D eigenvalue weighted by atomic mass is 35.5. The summed E-state index contributed by atoms with van der Waals surface area (Å²) in [7, 11) is -1.85. The Kier molecular flexibility index (Phi) is 4.42. The van der Waals surface area contributed by atoms with Crippen molar-refractivity contribution in [3.63, 3.8) is 0 Å². The molecule has 2 rings (SSSR count). The third-order valence-corrected chi connectivity index (χ3v) is 2.88. The molecule has 98 valence electrons. The van der Waals surface area contributed by atoms with E-state index < -0.39 is 12.9 Å². The first-order chi connectivity index (χ1) is 9.08. The topological polar surface area (TPSA) is 49.7 Å². The van der Waals surface area contributed by atoms with Gasteiger partial charge in [0.2, 0.25) is 0 Å². The second-order valence-corrected chi connectivity index (χ2v) is 4.36. The van der Waals surface area contributed by atoms with Crippen molar-refractivity contribution in [1.29, 1.82) is 0 Å². The first-order valence-electron chi connectivity index (χ1n) is 5.59. The number of rotatable bonds is 4. The lowest BCUT2D eigenvalue weighted by Crippen LogP contribution is -2.33. The van der Waals surface area contributed by atoms with Crippen LogP contribution < -0.4 is 10.2 Å². The van der Waals surface area contributed by atoms with Crippen LogP contribution in [0.2, 0.25) is 5.02 Å². The van der Waals surface area contributed by atoms with E-state index in [9.17, 15) is 4.39 Å². The Bertz CT molecular complexity index is 578. The fourth-order valence-corrected chi connectivity index (χ4v) is 1.79. The van der Waals surface area contributed by atoms with Crippen molar-refractivity contribution in [1.82, 2.24) is 0 Å². The molecule has 0 fully saturated rings. The lowest BCUT2D eigenvalue weighted by molar-refractivity contribution is 0.306. The Balaban J connectivity index is 2.12. The molecular weight excluding hydrogens is 269 g/mol. The Labute approximate surface area is 115 Å². The van der Waals surface area contributed by atoms with Gasteiger partial charge in [-0.05, 0) is 23.8 Å². The van der Waals surface area contributed by atoms with E-state index in [-0.39, 0.29) is 12.1 Å². The van der Waals surface area contributed by atoms with Gasteiger partial charge in [-0.15, -0.1) is 0 Å². The minimum absolute atomic E-state index is 0.156. The molecule has 0 saturated carbocycles. The van der Waals surface area contributed by atoms with Crippen molar-refractivity contribution in [2.24, 2.45) is 0 Å². The molecule has 0 aliphatic rings. The highest BCUT2D eigenvalue weighted by molar-refractivity contribution is 6.58. The minimum Gasteiger partial charge on any atom is -0.487 e. The zero-order chi connectivity index (χ0) is 13.8. The van der Waals surface area contributed by atoms with Crippen LogP contribution >= 0.6 is 11.6 Å². The molecule has 3 nitrogen and oxygen atoms in total. The smallest absolute Gasteiger partial charge is 0.487 e. The fraction of sp³-hybridized carbons (Fsp3) is 0.0769. The van der Waals surface area contributed by atoms with Crippen molar-refractivity contribution in [3.8, 4) is 5.75 Å². The molecule has 0 spiro atoms. The average Bonchev–Trinajstić information content (AvgIpc) is 2.39. The van der Waals surface area contributed by atoms with E-state index in [1.54, 1.807) is 24.3 Å². The molecule has 0 radical (unpaired) electrons. The molecule has 2 aromatic carbocycles. The zero-order valence-corrected chi connectivity index (χ0v) is 10.6. The van der Waals surface area contributed by atoms with Crippen molar-refractivity contribution < 1.29 is 19.2 Å². The van der Waals surface area contributed by atoms with Gasteiger partial charge in [-0.25, -0.2) is 4.39 Å². The maximum absolute atomic E-state index is 13.3. The number of ether oxygens (including phenoxy) is 1. The third kappa shape index (κ3) is 3.47. The quantitative estimate of drug-likeness (QED) is 0.839. The summed E-state index contributed by atoms with van der Waals surface area (Å²) < 4.78 is 18.7. The summed E-state index contributed by atoms with van der Waals surface area (Å²) >= 11 is 5.93.